The molecule has 1 aromatic rings. The van der Waals surface area contributed by atoms with Crippen molar-refractivity contribution in [2.24, 2.45) is 17.3 Å². The first-order valence-corrected chi connectivity index (χ1v) is 8.07. The Hall–Kier alpha value is -0.700. The van der Waals surface area contributed by atoms with Crippen molar-refractivity contribution in [3.05, 3.63) is 34.1 Å². The van der Waals surface area contributed by atoms with Crippen LogP contribution in [-0.2, 0) is 0 Å². The lowest BCUT2D eigenvalue weighted by molar-refractivity contribution is 0.0819. The molecule has 0 aliphatic heterocycles. The summed E-state index contributed by atoms with van der Waals surface area (Å²) in [6.45, 7) is 6.82. The second-order valence-corrected chi connectivity index (χ2v) is 7.76. The van der Waals surface area contributed by atoms with Crippen LogP contribution in [-0.4, -0.2) is 5.78 Å². The lowest BCUT2D eigenvalue weighted by Crippen LogP contribution is -2.28. The zero-order chi connectivity index (χ0) is 14.9. The van der Waals surface area contributed by atoms with E-state index in [4.69, 9.17) is 0 Å². The molecule has 0 atom stereocenters. The topological polar surface area (TPSA) is 17.1 Å². The van der Waals surface area contributed by atoms with Crippen LogP contribution in [0.25, 0.3) is 0 Å². The molecule has 0 heterocycles. The Morgan fingerprint density at radius 1 is 1.20 bits per heavy atom. The summed E-state index contributed by atoms with van der Waals surface area (Å²) in [6.07, 6.45) is 4.13. The van der Waals surface area contributed by atoms with E-state index in [0.717, 1.165) is 25.7 Å². The van der Waals surface area contributed by atoms with E-state index < -0.39 is 0 Å². The number of halogens is 2. The van der Waals surface area contributed by atoms with Gasteiger partial charge in [-0.1, -0.05) is 20.8 Å². The minimum atomic E-state index is -0.321. The lowest BCUT2D eigenvalue weighted by atomic mass is 9.69. The maximum absolute atomic E-state index is 13.2. The molecule has 0 radical (unpaired) electrons. The summed E-state index contributed by atoms with van der Waals surface area (Å²) < 4.78 is 13.6. The molecule has 1 aromatic carbocycles. The number of carbonyl (C=O) groups is 1. The van der Waals surface area contributed by atoms with Crippen molar-refractivity contribution in [3.63, 3.8) is 0 Å². The normalized spacial score (nSPS) is 23.6. The second-order valence-electron chi connectivity index (χ2n) is 6.91. The van der Waals surface area contributed by atoms with E-state index in [1.807, 2.05) is 0 Å². The van der Waals surface area contributed by atoms with Crippen LogP contribution in [0.2, 0.25) is 0 Å². The van der Waals surface area contributed by atoms with E-state index in [0.29, 0.717) is 21.4 Å². The number of hydrogen-bond donors (Lipinski definition) is 0. The van der Waals surface area contributed by atoms with Crippen molar-refractivity contribution in [2.75, 3.05) is 0 Å². The van der Waals surface area contributed by atoms with Gasteiger partial charge in [-0.15, -0.1) is 0 Å². The zero-order valence-corrected chi connectivity index (χ0v) is 14.0. The van der Waals surface area contributed by atoms with Gasteiger partial charge in [-0.25, -0.2) is 4.39 Å². The molecule has 1 aliphatic rings. The standard InChI is InChI=1S/C17H22BrFO/c1-17(2,3)13-7-4-11(5-8-13)16(20)12-6-9-15(19)14(18)10-12/h6,9-11,13H,4-5,7-8H2,1-3H3. The average molecular weight is 341 g/mol. The van der Waals surface area contributed by atoms with Gasteiger partial charge in [0.1, 0.15) is 5.82 Å². The second kappa shape index (κ2) is 5.97. The summed E-state index contributed by atoms with van der Waals surface area (Å²) in [5, 5.41) is 0. The van der Waals surface area contributed by atoms with E-state index in [1.165, 1.54) is 6.07 Å². The molecule has 0 saturated heterocycles. The Kier molecular flexibility index (Phi) is 4.68. The molecule has 1 aliphatic carbocycles. The molecule has 0 N–H and O–H groups in total. The lowest BCUT2D eigenvalue weighted by Gasteiger charge is -2.36. The average Bonchev–Trinajstić information content (AvgIpc) is 2.40. The number of benzene rings is 1. The third-order valence-corrected chi connectivity index (χ3v) is 5.13. The third-order valence-electron chi connectivity index (χ3n) is 4.53. The van der Waals surface area contributed by atoms with Gasteiger partial charge in [0, 0.05) is 11.5 Å². The van der Waals surface area contributed by atoms with E-state index in [-0.39, 0.29) is 17.5 Å². The van der Waals surface area contributed by atoms with Crippen molar-refractivity contribution in [1.82, 2.24) is 0 Å². The fraction of sp³-hybridized carbons (Fsp3) is 0.588. The Morgan fingerprint density at radius 2 is 1.80 bits per heavy atom. The number of rotatable bonds is 2. The molecular weight excluding hydrogens is 319 g/mol. The molecule has 0 bridgehead atoms. The molecule has 1 saturated carbocycles. The molecule has 0 amide bonds. The molecule has 3 heteroatoms. The van der Waals surface area contributed by atoms with Gasteiger partial charge in [0.05, 0.1) is 4.47 Å². The third kappa shape index (κ3) is 3.49. The molecule has 2 rings (SSSR count). The molecule has 1 nitrogen and oxygen atoms in total. The summed E-state index contributed by atoms with van der Waals surface area (Å²) in [7, 11) is 0. The number of hydrogen-bond acceptors (Lipinski definition) is 1. The zero-order valence-electron chi connectivity index (χ0n) is 12.4. The summed E-state index contributed by atoms with van der Waals surface area (Å²) in [6, 6.07) is 4.56. The van der Waals surface area contributed by atoms with Crippen LogP contribution < -0.4 is 0 Å². The van der Waals surface area contributed by atoms with Crippen LogP contribution in [0.5, 0.6) is 0 Å². The van der Waals surface area contributed by atoms with Crippen molar-refractivity contribution in [1.29, 1.82) is 0 Å². The Bertz CT molecular complexity index is 496. The van der Waals surface area contributed by atoms with E-state index >= 15 is 0 Å². The molecule has 1 fully saturated rings. The quantitative estimate of drug-likeness (QED) is 0.638. The largest absolute Gasteiger partial charge is 0.294 e. The van der Waals surface area contributed by atoms with Crippen molar-refractivity contribution >= 4 is 21.7 Å². The molecule has 0 spiro atoms. The van der Waals surface area contributed by atoms with Crippen LogP contribution in [0.4, 0.5) is 4.39 Å². The number of ketones is 1. The summed E-state index contributed by atoms with van der Waals surface area (Å²) in [4.78, 5) is 12.5. The van der Waals surface area contributed by atoms with Gasteiger partial charge in [-0.3, -0.25) is 4.79 Å². The molecule has 20 heavy (non-hydrogen) atoms. The highest BCUT2D eigenvalue weighted by molar-refractivity contribution is 9.10. The van der Waals surface area contributed by atoms with Crippen LogP contribution >= 0.6 is 15.9 Å². The Balaban J connectivity index is 2.03. The SMILES string of the molecule is CC(C)(C)C1CCC(C(=O)c2ccc(F)c(Br)c2)CC1. The molecular formula is C17H22BrFO. The van der Waals surface area contributed by atoms with Crippen LogP contribution in [0.3, 0.4) is 0 Å². The molecule has 0 unspecified atom stereocenters. The summed E-state index contributed by atoms with van der Waals surface area (Å²) in [5.74, 6) is 0.647. The Labute approximate surface area is 129 Å². The minimum absolute atomic E-state index is 0.103. The first-order valence-electron chi connectivity index (χ1n) is 7.28. The van der Waals surface area contributed by atoms with Gasteiger partial charge in [-0.2, -0.15) is 0 Å². The smallest absolute Gasteiger partial charge is 0.165 e. The highest BCUT2D eigenvalue weighted by Crippen LogP contribution is 2.40. The Morgan fingerprint density at radius 3 is 2.30 bits per heavy atom. The monoisotopic (exact) mass is 340 g/mol. The van der Waals surface area contributed by atoms with Gasteiger partial charge in [-0.05, 0) is 71.1 Å². The number of carbonyl (C=O) groups excluding carboxylic acids is 1. The van der Waals surface area contributed by atoms with Gasteiger partial charge >= 0.3 is 0 Å². The van der Waals surface area contributed by atoms with E-state index in [2.05, 4.69) is 36.7 Å². The summed E-state index contributed by atoms with van der Waals surface area (Å²) in [5.41, 5.74) is 0.949. The molecule has 0 aromatic heterocycles. The van der Waals surface area contributed by atoms with E-state index in [1.54, 1.807) is 12.1 Å². The highest BCUT2D eigenvalue weighted by Gasteiger charge is 2.32. The van der Waals surface area contributed by atoms with Gasteiger partial charge in [0.25, 0.3) is 0 Å². The number of Topliss-reactive ketones (excluding diaryl/α,β-unsaturated/α-hetero) is 1. The van der Waals surface area contributed by atoms with E-state index in [9.17, 15) is 9.18 Å². The van der Waals surface area contributed by atoms with Gasteiger partial charge in [0.2, 0.25) is 0 Å². The van der Waals surface area contributed by atoms with Gasteiger partial charge < -0.3 is 0 Å². The maximum Gasteiger partial charge on any atom is 0.165 e. The molecule has 110 valence electrons. The predicted molar refractivity (Wildman–Crippen MR) is 83.3 cm³/mol. The van der Waals surface area contributed by atoms with Gasteiger partial charge in [0.15, 0.2) is 5.78 Å². The van der Waals surface area contributed by atoms with Crippen LogP contribution in [0.1, 0.15) is 56.8 Å². The van der Waals surface area contributed by atoms with Crippen molar-refractivity contribution in [3.8, 4) is 0 Å². The minimum Gasteiger partial charge on any atom is -0.294 e. The fourth-order valence-corrected chi connectivity index (χ4v) is 3.49. The first kappa shape index (κ1) is 15.7. The summed E-state index contributed by atoms with van der Waals surface area (Å²) >= 11 is 3.15. The predicted octanol–water partition coefficient (Wildman–Crippen LogP) is 5.62. The van der Waals surface area contributed by atoms with Crippen LogP contribution in [0.15, 0.2) is 22.7 Å². The fourth-order valence-electron chi connectivity index (χ4n) is 3.11. The maximum atomic E-state index is 13.2. The first-order chi connectivity index (χ1) is 9.29. The van der Waals surface area contributed by atoms with Crippen LogP contribution in [0, 0.1) is 23.1 Å². The highest BCUT2D eigenvalue weighted by atomic mass is 79.9. The van der Waals surface area contributed by atoms with Crippen molar-refractivity contribution in [2.45, 2.75) is 46.5 Å². The van der Waals surface area contributed by atoms with Crippen molar-refractivity contribution < 1.29 is 9.18 Å².